The van der Waals surface area contributed by atoms with Crippen molar-refractivity contribution in [2.45, 2.75) is 4.90 Å². The zero-order chi connectivity index (χ0) is 10.1. The Kier molecular flexibility index (Phi) is 5.28. The van der Waals surface area contributed by atoms with Crippen molar-refractivity contribution in [3.05, 3.63) is 29.8 Å². The molecule has 0 atom stereocenters. The van der Waals surface area contributed by atoms with Crippen molar-refractivity contribution in [2.75, 3.05) is 0 Å². The molecular weight excluding hydrogens is 239 g/mol. The van der Waals surface area contributed by atoms with Gasteiger partial charge in [-0.1, -0.05) is 0 Å². The van der Waals surface area contributed by atoms with Gasteiger partial charge >= 0.3 is 29.6 Å². The first-order valence-corrected chi connectivity index (χ1v) is 5.00. The van der Waals surface area contributed by atoms with Crippen LogP contribution in [-0.4, -0.2) is 47.8 Å². The summed E-state index contributed by atoms with van der Waals surface area (Å²) in [4.78, 5) is 10.3. The van der Waals surface area contributed by atoms with Gasteiger partial charge in [0.15, 0.2) is 0 Å². The third-order valence-electron chi connectivity index (χ3n) is 1.38. The molecule has 0 radical (unpaired) electrons. The second kappa shape index (κ2) is 5.25. The third-order valence-corrected chi connectivity index (χ3v) is 2.47. The molecule has 72 valence electrons. The Balaban J connectivity index is 0.00000169. The molecule has 0 aromatic heterocycles. The molecule has 1 aromatic carbocycles. The summed E-state index contributed by atoms with van der Waals surface area (Å²) in [5.41, 5.74) is 0.175. The van der Waals surface area contributed by atoms with Crippen LogP contribution in [0.2, 0.25) is 0 Å². The summed E-state index contributed by atoms with van der Waals surface area (Å²) in [7, 11) is -4.20. The first kappa shape index (κ1) is 14.1. The molecule has 0 heterocycles. The summed E-state index contributed by atoms with van der Waals surface area (Å²) in [5.74, 6) is 0. The molecule has 1 N–H and O–H groups in total. The van der Waals surface area contributed by atoms with E-state index in [4.69, 9.17) is 16.2 Å². The van der Waals surface area contributed by atoms with E-state index in [9.17, 15) is 13.2 Å². The van der Waals surface area contributed by atoms with Crippen molar-refractivity contribution in [1.29, 1.82) is 0 Å². The topological polar surface area (TPSA) is 71.4 Å². The van der Waals surface area contributed by atoms with Gasteiger partial charge < -0.3 is 0 Å². The molecule has 1 rings (SSSR count). The van der Waals surface area contributed by atoms with Gasteiger partial charge in [0.25, 0.3) is 15.4 Å². The average molecular weight is 245 g/mol. The number of carbonyl (C=O) groups excluding carboxylic acids is 1. The van der Waals surface area contributed by atoms with Crippen LogP contribution >= 0.6 is 11.6 Å². The SMILES string of the molecule is O=C(Cl)c1ccc(S(=O)(=O)O)cc1.[NaH]. The Labute approximate surface area is 108 Å². The normalized spacial score (nSPS) is 10.4. The molecule has 0 bridgehead atoms. The van der Waals surface area contributed by atoms with Crippen LogP contribution in [-0.2, 0) is 10.1 Å². The average Bonchev–Trinajstić information content (AvgIpc) is 2.03. The van der Waals surface area contributed by atoms with Crippen LogP contribution in [0.25, 0.3) is 0 Å². The van der Waals surface area contributed by atoms with Gasteiger partial charge in [-0.3, -0.25) is 9.35 Å². The molecule has 1 aromatic rings. The van der Waals surface area contributed by atoms with Crippen LogP contribution in [0.15, 0.2) is 29.2 Å². The van der Waals surface area contributed by atoms with Crippen molar-refractivity contribution in [2.24, 2.45) is 0 Å². The second-order valence-electron chi connectivity index (χ2n) is 2.27. The van der Waals surface area contributed by atoms with Gasteiger partial charge in [0, 0.05) is 5.56 Å². The Bertz CT molecular complexity index is 426. The van der Waals surface area contributed by atoms with Crippen LogP contribution in [0.5, 0.6) is 0 Å². The van der Waals surface area contributed by atoms with E-state index in [-0.39, 0.29) is 40.0 Å². The number of carbonyl (C=O) groups is 1. The number of halogens is 1. The van der Waals surface area contributed by atoms with Crippen molar-refractivity contribution >= 4 is 56.5 Å². The summed E-state index contributed by atoms with van der Waals surface area (Å²) < 4.78 is 29.7. The van der Waals surface area contributed by atoms with Gasteiger partial charge in [0.1, 0.15) is 0 Å². The number of hydrogen-bond donors (Lipinski definition) is 1. The van der Waals surface area contributed by atoms with E-state index in [1.54, 1.807) is 0 Å². The zero-order valence-corrected chi connectivity index (χ0v) is 7.84. The standard InChI is InChI=1S/C7H5ClO4S.Na.H/c8-7(9)5-1-3-6(4-2-5)13(10,11)12;;/h1-4H,(H,10,11,12);;. The molecule has 0 aliphatic carbocycles. The molecule has 0 saturated carbocycles. The molecule has 0 aliphatic rings. The monoisotopic (exact) mass is 244 g/mol. The van der Waals surface area contributed by atoms with Crippen LogP contribution in [0.1, 0.15) is 10.4 Å². The van der Waals surface area contributed by atoms with Gasteiger partial charge in [-0.05, 0) is 35.9 Å². The van der Waals surface area contributed by atoms with Crippen molar-refractivity contribution < 1.29 is 17.8 Å². The number of benzene rings is 1. The molecule has 0 aliphatic heterocycles. The van der Waals surface area contributed by atoms with Crippen LogP contribution < -0.4 is 0 Å². The Morgan fingerprint density at radius 1 is 1.21 bits per heavy atom. The second-order valence-corrected chi connectivity index (χ2v) is 4.04. The first-order valence-electron chi connectivity index (χ1n) is 3.18. The van der Waals surface area contributed by atoms with Gasteiger partial charge in [0.05, 0.1) is 4.90 Å². The summed E-state index contributed by atoms with van der Waals surface area (Å²) >= 11 is 5.12. The summed E-state index contributed by atoms with van der Waals surface area (Å²) in [6.07, 6.45) is 0. The van der Waals surface area contributed by atoms with Crippen molar-refractivity contribution in [3.8, 4) is 0 Å². The van der Waals surface area contributed by atoms with Gasteiger partial charge in [-0.2, -0.15) is 8.42 Å². The predicted molar refractivity (Wildman–Crippen MR) is 53.6 cm³/mol. The molecule has 4 nitrogen and oxygen atoms in total. The Morgan fingerprint density at radius 3 is 1.93 bits per heavy atom. The molecule has 0 unspecified atom stereocenters. The predicted octanol–water partition coefficient (Wildman–Crippen LogP) is 0.664. The molecule has 0 spiro atoms. The van der Waals surface area contributed by atoms with E-state index < -0.39 is 15.4 Å². The molecule has 0 saturated heterocycles. The maximum absolute atomic E-state index is 10.6. The minimum atomic E-state index is -4.20. The Morgan fingerprint density at radius 2 is 1.64 bits per heavy atom. The first-order chi connectivity index (χ1) is 5.91. The van der Waals surface area contributed by atoms with E-state index in [2.05, 4.69) is 0 Å². The fourth-order valence-corrected chi connectivity index (χ4v) is 1.36. The van der Waals surface area contributed by atoms with Gasteiger partial charge in [0.2, 0.25) is 0 Å². The minimum absolute atomic E-state index is 0. The molecule has 7 heteroatoms. The van der Waals surface area contributed by atoms with Gasteiger partial charge in [-0.15, -0.1) is 0 Å². The van der Waals surface area contributed by atoms with Crippen molar-refractivity contribution in [3.63, 3.8) is 0 Å². The number of hydrogen-bond acceptors (Lipinski definition) is 3. The third kappa shape index (κ3) is 3.68. The fourth-order valence-electron chi connectivity index (χ4n) is 0.758. The van der Waals surface area contributed by atoms with Crippen LogP contribution in [0.3, 0.4) is 0 Å². The van der Waals surface area contributed by atoms with E-state index in [1.807, 2.05) is 0 Å². The van der Waals surface area contributed by atoms with Crippen molar-refractivity contribution in [1.82, 2.24) is 0 Å². The molecule has 14 heavy (non-hydrogen) atoms. The number of rotatable bonds is 2. The van der Waals surface area contributed by atoms with Crippen LogP contribution in [0, 0.1) is 0 Å². The summed E-state index contributed by atoms with van der Waals surface area (Å²) in [6, 6.07) is 4.65. The van der Waals surface area contributed by atoms with Gasteiger partial charge in [-0.25, -0.2) is 0 Å². The fraction of sp³-hybridized carbons (Fsp3) is 0. The molecule has 0 fully saturated rings. The molecular formula is C7H6ClNaO4S. The van der Waals surface area contributed by atoms with E-state index in [0.29, 0.717) is 0 Å². The van der Waals surface area contributed by atoms with E-state index in [1.165, 1.54) is 12.1 Å². The van der Waals surface area contributed by atoms with E-state index >= 15 is 0 Å². The van der Waals surface area contributed by atoms with E-state index in [0.717, 1.165) is 12.1 Å². The van der Waals surface area contributed by atoms with Crippen LogP contribution in [0.4, 0.5) is 0 Å². The quantitative estimate of drug-likeness (QED) is 0.471. The molecule has 0 amide bonds. The summed E-state index contributed by atoms with van der Waals surface area (Å²) in [5, 5.41) is -0.679. The Hall–Kier alpha value is 0.0900. The zero-order valence-electron chi connectivity index (χ0n) is 6.27. The summed E-state index contributed by atoms with van der Waals surface area (Å²) in [6.45, 7) is 0. The maximum atomic E-state index is 10.6.